The third kappa shape index (κ3) is 3.51. The second-order valence-electron chi connectivity index (χ2n) is 6.67. The van der Waals surface area contributed by atoms with Gasteiger partial charge in [0, 0.05) is 49.4 Å². The summed E-state index contributed by atoms with van der Waals surface area (Å²) >= 11 is 0. The maximum atomic E-state index is 12.6. The predicted molar refractivity (Wildman–Crippen MR) is 105 cm³/mol. The molecule has 142 valence electrons. The van der Waals surface area contributed by atoms with Crippen molar-refractivity contribution in [2.24, 2.45) is 0 Å². The van der Waals surface area contributed by atoms with Gasteiger partial charge in [0.2, 0.25) is 5.91 Å². The molecule has 7 heteroatoms. The molecule has 3 heterocycles. The van der Waals surface area contributed by atoms with Crippen LogP contribution in [-0.4, -0.2) is 32.9 Å². The van der Waals surface area contributed by atoms with E-state index < -0.39 is 0 Å². The second-order valence-corrected chi connectivity index (χ2v) is 6.67. The minimum atomic E-state index is -0.135. The van der Waals surface area contributed by atoms with Gasteiger partial charge in [-0.05, 0) is 47.9 Å². The number of nitrogens with one attached hydrogen (secondary N) is 1. The van der Waals surface area contributed by atoms with Crippen LogP contribution in [0, 0.1) is 0 Å². The zero-order valence-electron chi connectivity index (χ0n) is 15.6. The van der Waals surface area contributed by atoms with Gasteiger partial charge in [-0.15, -0.1) is 0 Å². The number of amides is 2. The van der Waals surface area contributed by atoms with Crippen molar-refractivity contribution in [3.63, 3.8) is 0 Å². The highest BCUT2D eigenvalue weighted by Gasteiger charge is 2.24. The zero-order valence-corrected chi connectivity index (χ0v) is 15.6. The maximum Gasteiger partial charge on any atom is 0.251 e. The minimum Gasteiger partial charge on any atom is -0.348 e. The molecule has 28 heavy (non-hydrogen) atoms. The molecule has 0 saturated carbocycles. The number of pyridine rings is 1. The van der Waals surface area contributed by atoms with Crippen LogP contribution in [0.3, 0.4) is 0 Å². The Morgan fingerprint density at radius 2 is 2.07 bits per heavy atom. The number of imidazole rings is 1. The molecule has 0 bridgehead atoms. The van der Waals surface area contributed by atoms with Gasteiger partial charge in [0.15, 0.2) is 0 Å². The number of aromatic nitrogens is 3. The number of hydrogen-bond acceptors (Lipinski definition) is 4. The minimum absolute atomic E-state index is 0.113. The molecule has 0 fully saturated rings. The van der Waals surface area contributed by atoms with Crippen molar-refractivity contribution in [3.8, 4) is 5.82 Å². The van der Waals surface area contributed by atoms with Gasteiger partial charge in [-0.2, -0.15) is 0 Å². The van der Waals surface area contributed by atoms with Crippen LogP contribution in [-0.2, 0) is 17.8 Å². The summed E-state index contributed by atoms with van der Waals surface area (Å²) in [5.41, 5.74) is 3.52. The average Bonchev–Trinajstić information content (AvgIpc) is 3.41. The van der Waals surface area contributed by atoms with E-state index in [4.69, 9.17) is 0 Å². The standard InChI is InChI=1S/C21H21N5O2/c1-2-20(27)26-9-6-16-12-17(3-4-18(16)26)21(28)24-13-15-5-7-23-19(11-15)25-10-8-22-14-25/h3-5,7-8,10-12,14H,2,6,9,13H2,1H3,(H,24,28). The van der Waals surface area contributed by atoms with E-state index in [0.29, 0.717) is 25.1 Å². The van der Waals surface area contributed by atoms with E-state index in [1.807, 2.05) is 42.0 Å². The Bertz CT molecular complexity index is 1010. The number of carbonyl (C=O) groups is 2. The second kappa shape index (κ2) is 7.64. The Hall–Kier alpha value is -3.48. The molecule has 0 atom stereocenters. The van der Waals surface area contributed by atoms with Gasteiger partial charge in [0.25, 0.3) is 5.91 Å². The molecule has 4 rings (SSSR count). The first-order chi connectivity index (χ1) is 13.7. The summed E-state index contributed by atoms with van der Waals surface area (Å²) in [4.78, 5) is 34.7. The van der Waals surface area contributed by atoms with Crippen LogP contribution in [0.25, 0.3) is 5.82 Å². The number of rotatable bonds is 5. The van der Waals surface area contributed by atoms with Gasteiger partial charge in [0.1, 0.15) is 12.1 Å². The third-order valence-electron chi connectivity index (χ3n) is 4.87. The fourth-order valence-electron chi connectivity index (χ4n) is 3.38. The lowest BCUT2D eigenvalue weighted by Gasteiger charge is -2.16. The quantitative estimate of drug-likeness (QED) is 0.743. The molecular formula is C21H21N5O2. The number of fused-ring (bicyclic) bond motifs is 1. The predicted octanol–water partition coefficient (Wildman–Crippen LogP) is 2.50. The van der Waals surface area contributed by atoms with Crippen molar-refractivity contribution in [3.05, 3.63) is 71.9 Å². The largest absolute Gasteiger partial charge is 0.348 e. The molecule has 2 aromatic heterocycles. The molecule has 1 aromatic carbocycles. The Balaban J connectivity index is 1.44. The van der Waals surface area contributed by atoms with E-state index in [1.54, 1.807) is 29.7 Å². The summed E-state index contributed by atoms with van der Waals surface area (Å²) in [6.45, 7) is 2.95. The lowest BCUT2D eigenvalue weighted by molar-refractivity contribution is -0.118. The molecule has 0 saturated heterocycles. The molecular weight excluding hydrogens is 354 g/mol. The fourth-order valence-corrected chi connectivity index (χ4v) is 3.38. The molecule has 0 unspecified atom stereocenters. The monoisotopic (exact) mass is 375 g/mol. The van der Waals surface area contributed by atoms with Crippen LogP contribution in [0.5, 0.6) is 0 Å². The van der Waals surface area contributed by atoms with Crippen LogP contribution in [0.4, 0.5) is 5.69 Å². The third-order valence-corrected chi connectivity index (χ3v) is 4.87. The highest BCUT2D eigenvalue weighted by Crippen LogP contribution is 2.29. The molecule has 1 aliphatic heterocycles. The van der Waals surface area contributed by atoms with Crippen LogP contribution in [0.1, 0.15) is 34.8 Å². The molecule has 1 N–H and O–H groups in total. The summed E-state index contributed by atoms with van der Waals surface area (Å²) in [6.07, 6.45) is 8.17. The SMILES string of the molecule is CCC(=O)N1CCc2cc(C(=O)NCc3ccnc(-n4ccnc4)c3)ccc21. The highest BCUT2D eigenvalue weighted by atomic mass is 16.2. The Labute approximate surface area is 163 Å². The summed E-state index contributed by atoms with van der Waals surface area (Å²) < 4.78 is 1.81. The number of carbonyl (C=O) groups excluding carboxylic acids is 2. The van der Waals surface area contributed by atoms with E-state index in [1.165, 1.54) is 0 Å². The van der Waals surface area contributed by atoms with Crippen molar-refractivity contribution < 1.29 is 9.59 Å². The maximum absolute atomic E-state index is 12.6. The van der Waals surface area contributed by atoms with Crippen LogP contribution < -0.4 is 10.2 Å². The van der Waals surface area contributed by atoms with Crippen molar-refractivity contribution in [2.75, 3.05) is 11.4 Å². The average molecular weight is 375 g/mol. The smallest absolute Gasteiger partial charge is 0.251 e. The van der Waals surface area contributed by atoms with Crippen molar-refractivity contribution >= 4 is 17.5 Å². The molecule has 2 amide bonds. The molecule has 7 nitrogen and oxygen atoms in total. The summed E-state index contributed by atoms with van der Waals surface area (Å²) in [7, 11) is 0. The number of hydrogen-bond donors (Lipinski definition) is 1. The van der Waals surface area contributed by atoms with E-state index in [-0.39, 0.29) is 11.8 Å². The number of nitrogens with zero attached hydrogens (tertiary/aromatic N) is 4. The first-order valence-corrected chi connectivity index (χ1v) is 9.30. The lowest BCUT2D eigenvalue weighted by atomic mass is 10.1. The molecule has 0 spiro atoms. The highest BCUT2D eigenvalue weighted by molar-refractivity contribution is 5.98. The van der Waals surface area contributed by atoms with Gasteiger partial charge in [0.05, 0.1) is 0 Å². The van der Waals surface area contributed by atoms with Gasteiger partial charge in [-0.25, -0.2) is 9.97 Å². The Morgan fingerprint density at radius 3 is 2.86 bits per heavy atom. The zero-order chi connectivity index (χ0) is 19.5. The van der Waals surface area contributed by atoms with Gasteiger partial charge in [-0.3, -0.25) is 14.2 Å². The topological polar surface area (TPSA) is 80.1 Å². The van der Waals surface area contributed by atoms with E-state index >= 15 is 0 Å². The summed E-state index contributed by atoms with van der Waals surface area (Å²) in [6, 6.07) is 9.32. The normalized spacial score (nSPS) is 12.7. The Morgan fingerprint density at radius 1 is 1.18 bits per heavy atom. The first-order valence-electron chi connectivity index (χ1n) is 9.30. The number of benzene rings is 1. The van der Waals surface area contributed by atoms with E-state index in [2.05, 4.69) is 15.3 Å². The Kier molecular flexibility index (Phi) is 4.89. The van der Waals surface area contributed by atoms with Crippen LogP contribution >= 0.6 is 0 Å². The molecule has 0 aliphatic carbocycles. The summed E-state index contributed by atoms with van der Waals surface area (Å²) in [5, 5.41) is 2.95. The van der Waals surface area contributed by atoms with Gasteiger partial charge in [-0.1, -0.05) is 6.92 Å². The first kappa shape index (κ1) is 17.9. The van der Waals surface area contributed by atoms with Crippen LogP contribution in [0.15, 0.2) is 55.2 Å². The van der Waals surface area contributed by atoms with Crippen LogP contribution in [0.2, 0.25) is 0 Å². The fraction of sp³-hybridized carbons (Fsp3) is 0.238. The van der Waals surface area contributed by atoms with Crippen molar-refractivity contribution in [2.45, 2.75) is 26.3 Å². The van der Waals surface area contributed by atoms with Gasteiger partial charge < -0.3 is 10.2 Å². The van der Waals surface area contributed by atoms with Crippen molar-refractivity contribution in [1.29, 1.82) is 0 Å². The molecule has 0 radical (unpaired) electrons. The lowest BCUT2D eigenvalue weighted by Crippen LogP contribution is -2.27. The van der Waals surface area contributed by atoms with Crippen molar-refractivity contribution in [1.82, 2.24) is 19.9 Å². The van der Waals surface area contributed by atoms with Gasteiger partial charge >= 0.3 is 0 Å². The number of anilines is 1. The van der Waals surface area contributed by atoms with E-state index in [9.17, 15) is 9.59 Å². The molecule has 3 aromatic rings. The van der Waals surface area contributed by atoms with E-state index in [0.717, 1.165) is 29.1 Å². The molecule has 1 aliphatic rings. The summed E-state index contributed by atoms with van der Waals surface area (Å²) in [5.74, 6) is 0.730.